The zero-order chi connectivity index (χ0) is 16.0. The molecule has 0 aliphatic rings. The Morgan fingerprint density at radius 3 is 2.61 bits per heavy atom. The van der Waals surface area contributed by atoms with Crippen molar-refractivity contribution in [2.75, 3.05) is 13.1 Å². The van der Waals surface area contributed by atoms with Gasteiger partial charge in [-0.25, -0.2) is 0 Å². The third-order valence-corrected chi connectivity index (χ3v) is 3.34. The van der Waals surface area contributed by atoms with E-state index in [0.29, 0.717) is 0 Å². The van der Waals surface area contributed by atoms with Crippen LogP contribution in [-0.2, 0) is 6.54 Å². The number of para-hydroxylation sites is 1. The molecule has 0 radical (unpaired) electrons. The first-order chi connectivity index (χ1) is 10.5. The summed E-state index contributed by atoms with van der Waals surface area (Å²) < 4.78 is 2.30. The summed E-state index contributed by atoms with van der Waals surface area (Å²) >= 11 is 0. The Morgan fingerprint density at radius 2 is 1.91 bits per heavy atom. The van der Waals surface area contributed by atoms with Gasteiger partial charge in [0.25, 0.3) is 0 Å². The van der Waals surface area contributed by atoms with E-state index in [1.54, 1.807) is 0 Å². The second kappa shape index (κ2) is 9.15. The maximum atomic E-state index is 4.66. The zero-order valence-electron chi connectivity index (χ0n) is 14.6. The molecule has 2 rings (SSSR count). The number of aryl methyl sites for hydroxylation is 1. The van der Waals surface area contributed by atoms with Crippen LogP contribution in [0.15, 0.2) is 41.5 Å². The minimum atomic E-state index is 0. The topological polar surface area (TPSA) is 41.4 Å². The van der Waals surface area contributed by atoms with Crippen LogP contribution in [0.5, 0.6) is 0 Å². The van der Waals surface area contributed by atoms with E-state index in [9.17, 15) is 0 Å². The molecule has 0 bridgehead atoms. The molecule has 4 nitrogen and oxygen atoms in total. The highest BCUT2D eigenvalue weighted by Gasteiger charge is 2.11. The molecule has 0 aliphatic heterocycles. The molecule has 23 heavy (non-hydrogen) atoms. The molecular formula is C18H29IN4. The van der Waals surface area contributed by atoms with Gasteiger partial charge in [0.15, 0.2) is 5.96 Å². The molecule has 0 saturated carbocycles. The third kappa shape index (κ3) is 6.41. The predicted molar refractivity (Wildman–Crippen MR) is 111 cm³/mol. The molecule has 0 saturated heterocycles. The summed E-state index contributed by atoms with van der Waals surface area (Å²) in [5.41, 5.74) is 1.32. The molecular weight excluding hydrogens is 399 g/mol. The number of aliphatic imine (C=N–C) groups is 1. The molecule has 0 fully saturated rings. The molecule has 1 heterocycles. The maximum Gasteiger partial charge on any atom is 0.191 e. The van der Waals surface area contributed by atoms with Crippen LogP contribution in [-0.4, -0.2) is 29.2 Å². The second-order valence-electron chi connectivity index (χ2n) is 6.56. The molecule has 0 aliphatic carbocycles. The van der Waals surface area contributed by atoms with Crippen molar-refractivity contribution >= 4 is 40.8 Å². The number of benzene rings is 1. The van der Waals surface area contributed by atoms with Gasteiger partial charge in [0, 0.05) is 36.9 Å². The number of halogens is 1. The highest BCUT2D eigenvalue weighted by molar-refractivity contribution is 14.0. The molecule has 0 atom stereocenters. The van der Waals surface area contributed by atoms with Crippen molar-refractivity contribution in [3.05, 3.63) is 36.5 Å². The van der Waals surface area contributed by atoms with Crippen molar-refractivity contribution in [1.29, 1.82) is 0 Å². The monoisotopic (exact) mass is 428 g/mol. The van der Waals surface area contributed by atoms with E-state index in [1.165, 1.54) is 10.9 Å². The van der Waals surface area contributed by atoms with E-state index in [-0.39, 0.29) is 29.5 Å². The van der Waals surface area contributed by atoms with Gasteiger partial charge >= 0.3 is 0 Å². The van der Waals surface area contributed by atoms with Gasteiger partial charge in [0.2, 0.25) is 0 Å². The highest BCUT2D eigenvalue weighted by atomic mass is 127. The number of hydrogen-bond acceptors (Lipinski definition) is 1. The quantitative estimate of drug-likeness (QED) is 0.327. The van der Waals surface area contributed by atoms with Gasteiger partial charge in [-0.2, -0.15) is 0 Å². The van der Waals surface area contributed by atoms with E-state index in [1.807, 2.05) is 0 Å². The predicted octanol–water partition coefficient (Wildman–Crippen LogP) is 4.00. The molecule has 0 amide bonds. The van der Waals surface area contributed by atoms with E-state index in [4.69, 9.17) is 0 Å². The van der Waals surface area contributed by atoms with Gasteiger partial charge in [-0.05, 0) is 51.6 Å². The van der Waals surface area contributed by atoms with Crippen molar-refractivity contribution in [1.82, 2.24) is 15.2 Å². The summed E-state index contributed by atoms with van der Waals surface area (Å²) in [6, 6.07) is 10.7. The van der Waals surface area contributed by atoms with Crippen LogP contribution >= 0.6 is 24.0 Å². The summed E-state index contributed by atoms with van der Waals surface area (Å²) in [6.45, 7) is 11.2. The first-order valence-electron chi connectivity index (χ1n) is 8.10. The van der Waals surface area contributed by atoms with Gasteiger partial charge < -0.3 is 15.2 Å². The number of hydrogen-bond donors (Lipinski definition) is 2. The van der Waals surface area contributed by atoms with Gasteiger partial charge in [-0.1, -0.05) is 18.2 Å². The van der Waals surface area contributed by atoms with Crippen LogP contribution in [0.3, 0.4) is 0 Å². The first kappa shape index (κ1) is 19.8. The Morgan fingerprint density at radius 1 is 1.17 bits per heavy atom. The molecule has 5 heteroatoms. The number of nitrogens with one attached hydrogen (secondary N) is 2. The van der Waals surface area contributed by atoms with Crippen LogP contribution in [0.1, 0.15) is 34.1 Å². The van der Waals surface area contributed by atoms with Crippen LogP contribution < -0.4 is 10.6 Å². The second-order valence-corrected chi connectivity index (χ2v) is 6.56. The molecule has 2 N–H and O–H groups in total. The lowest BCUT2D eigenvalue weighted by molar-refractivity contribution is 0.501. The van der Waals surface area contributed by atoms with Gasteiger partial charge in [0.1, 0.15) is 0 Å². The first-order valence-corrected chi connectivity index (χ1v) is 8.10. The van der Waals surface area contributed by atoms with Gasteiger partial charge in [-0.15, -0.1) is 24.0 Å². The fraction of sp³-hybridized carbons (Fsp3) is 0.500. The van der Waals surface area contributed by atoms with Crippen LogP contribution in [0.4, 0.5) is 0 Å². The summed E-state index contributed by atoms with van der Waals surface area (Å²) in [5.74, 6) is 0.896. The molecule has 0 spiro atoms. The molecule has 2 aromatic rings. The average Bonchev–Trinajstić information content (AvgIpc) is 2.85. The number of rotatable bonds is 5. The Bertz CT molecular complexity index is 625. The smallest absolute Gasteiger partial charge is 0.191 e. The van der Waals surface area contributed by atoms with Gasteiger partial charge in [-0.3, -0.25) is 4.99 Å². The summed E-state index contributed by atoms with van der Waals surface area (Å²) in [5, 5.41) is 8.01. The third-order valence-electron chi connectivity index (χ3n) is 3.34. The lowest BCUT2D eigenvalue weighted by Crippen LogP contribution is -2.47. The van der Waals surface area contributed by atoms with Crippen molar-refractivity contribution in [2.24, 2.45) is 4.99 Å². The molecule has 1 aromatic carbocycles. The van der Waals surface area contributed by atoms with E-state index >= 15 is 0 Å². The van der Waals surface area contributed by atoms with Crippen LogP contribution in [0.2, 0.25) is 0 Å². The zero-order valence-corrected chi connectivity index (χ0v) is 16.9. The Kier molecular flexibility index (Phi) is 7.88. The lowest BCUT2D eigenvalue weighted by Gasteiger charge is -2.23. The summed E-state index contributed by atoms with van der Waals surface area (Å²) in [7, 11) is 0. The van der Waals surface area contributed by atoms with Crippen molar-refractivity contribution in [3.8, 4) is 0 Å². The van der Waals surface area contributed by atoms with Crippen molar-refractivity contribution < 1.29 is 0 Å². The fourth-order valence-corrected chi connectivity index (χ4v) is 2.43. The van der Waals surface area contributed by atoms with E-state index < -0.39 is 0 Å². The molecule has 128 valence electrons. The minimum Gasteiger partial charge on any atom is -0.357 e. The number of guanidine groups is 1. The Balaban J connectivity index is 0.00000264. The van der Waals surface area contributed by atoms with E-state index in [2.05, 4.69) is 84.4 Å². The van der Waals surface area contributed by atoms with Crippen molar-refractivity contribution in [3.63, 3.8) is 0 Å². The Labute approximate surface area is 156 Å². The minimum absolute atomic E-state index is 0. The SMILES string of the molecule is CCNC(=NCCCn1ccc2ccccc21)NC(C)(C)C.I. The largest absolute Gasteiger partial charge is 0.357 e. The number of aromatic nitrogens is 1. The van der Waals surface area contributed by atoms with Gasteiger partial charge in [0.05, 0.1) is 0 Å². The maximum absolute atomic E-state index is 4.66. The standard InChI is InChI=1S/C18H28N4.HI/c1-5-19-17(21-18(2,3)4)20-12-8-13-22-14-11-15-9-6-7-10-16(15)22;/h6-7,9-11,14H,5,8,12-13H2,1-4H3,(H2,19,20,21);1H. The van der Waals surface area contributed by atoms with E-state index in [0.717, 1.165) is 32.0 Å². The van der Waals surface area contributed by atoms with Crippen molar-refractivity contribution in [2.45, 2.75) is 46.2 Å². The number of nitrogens with zero attached hydrogens (tertiary/aromatic N) is 2. The normalized spacial score (nSPS) is 12.1. The van der Waals surface area contributed by atoms with Crippen LogP contribution in [0, 0.1) is 0 Å². The molecule has 1 aromatic heterocycles. The average molecular weight is 428 g/mol. The lowest BCUT2D eigenvalue weighted by atomic mass is 10.1. The summed E-state index contributed by atoms with van der Waals surface area (Å²) in [4.78, 5) is 4.66. The Hall–Kier alpha value is -1.24. The highest BCUT2D eigenvalue weighted by Crippen LogP contribution is 2.15. The fourth-order valence-electron chi connectivity index (χ4n) is 2.43. The van der Waals surface area contributed by atoms with Crippen LogP contribution in [0.25, 0.3) is 10.9 Å². The number of fused-ring (bicyclic) bond motifs is 1. The molecule has 0 unspecified atom stereocenters. The summed E-state index contributed by atoms with van der Waals surface area (Å²) in [6.07, 6.45) is 3.19.